The van der Waals surface area contributed by atoms with Crippen LogP contribution in [0.5, 0.6) is 0 Å². The fourth-order valence-electron chi connectivity index (χ4n) is 1.99. The van der Waals surface area contributed by atoms with Gasteiger partial charge in [-0.15, -0.1) is 16.4 Å². The summed E-state index contributed by atoms with van der Waals surface area (Å²) in [6, 6.07) is 7.85. The minimum absolute atomic E-state index is 0.169. The average Bonchev–Trinajstić information content (AvgIpc) is 3.28. The molecule has 3 rings (SSSR count). The number of hydrazone groups is 1. The summed E-state index contributed by atoms with van der Waals surface area (Å²) in [5, 5.41) is 12.5. The van der Waals surface area contributed by atoms with Crippen molar-refractivity contribution in [1.82, 2.24) is 14.6 Å². The van der Waals surface area contributed by atoms with E-state index in [4.69, 9.17) is 4.74 Å². The number of benzene rings is 1. The van der Waals surface area contributed by atoms with Gasteiger partial charge in [-0.2, -0.15) is 5.10 Å². The first-order valence-corrected chi connectivity index (χ1v) is 9.23. The zero-order valence-electron chi connectivity index (χ0n) is 13.4. The van der Waals surface area contributed by atoms with Crippen molar-refractivity contribution in [2.45, 2.75) is 13.3 Å². The van der Waals surface area contributed by atoms with Crippen LogP contribution < -0.4 is 5.43 Å². The van der Waals surface area contributed by atoms with Gasteiger partial charge in [0.15, 0.2) is 0 Å². The molecule has 0 saturated heterocycles. The Morgan fingerprint density at radius 3 is 2.88 bits per heavy atom. The van der Waals surface area contributed by atoms with Gasteiger partial charge >= 0.3 is 5.97 Å². The second-order valence-corrected chi connectivity index (χ2v) is 6.38. The molecular formula is C16H15N5O2S2. The number of carbonyl (C=O) groups is 1. The molecule has 0 aliphatic carbocycles. The fourth-order valence-corrected chi connectivity index (χ4v) is 3.12. The van der Waals surface area contributed by atoms with Gasteiger partial charge in [0.1, 0.15) is 5.69 Å². The van der Waals surface area contributed by atoms with E-state index < -0.39 is 0 Å². The zero-order valence-corrected chi connectivity index (χ0v) is 15.0. The van der Waals surface area contributed by atoms with Crippen molar-refractivity contribution < 1.29 is 9.53 Å². The monoisotopic (exact) mass is 373 g/mol. The van der Waals surface area contributed by atoms with Gasteiger partial charge in [-0.05, 0) is 24.0 Å². The molecular weight excluding hydrogens is 358 g/mol. The second-order valence-electron chi connectivity index (χ2n) is 4.91. The molecule has 0 unspecified atom stereocenters. The lowest BCUT2D eigenvalue weighted by Gasteiger charge is -1.98. The van der Waals surface area contributed by atoms with E-state index in [-0.39, 0.29) is 12.4 Å². The molecule has 7 nitrogen and oxygen atoms in total. The largest absolute Gasteiger partial charge is 0.466 e. The fraction of sp³-hybridized carbons (Fsp3) is 0.188. The van der Waals surface area contributed by atoms with Gasteiger partial charge in [0, 0.05) is 16.3 Å². The SMILES string of the molecule is CCOC(=O)Cc1csc(NN=Cc2ccc(-c3csnn3)cc2)n1. The highest BCUT2D eigenvalue weighted by Gasteiger charge is 2.07. The highest BCUT2D eigenvalue weighted by molar-refractivity contribution is 7.13. The third-order valence-corrected chi connectivity index (χ3v) is 4.42. The molecule has 2 heterocycles. The Morgan fingerprint density at radius 2 is 2.16 bits per heavy atom. The Labute approximate surface area is 152 Å². The predicted octanol–water partition coefficient (Wildman–Crippen LogP) is 3.21. The van der Waals surface area contributed by atoms with E-state index in [0.717, 1.165) is 16.8 Å². The van der Waals surface area contributed by atoms with E-state index in [2.05, 4.69) is 25.1 Å². The van der Waals surface area contributed by atoms with E-state index >= 15 is 0 Å². The van der Waals surface area contributed by atoms with Crippen LogP contribution in [0.4, 0.5) is 5.13 Å². The molecule has 0 amide bonds. The Balaban J connectivity index is 1.54. The van der Waals surface area contributed by atoms with Crippen LogP contribution in [0.3, 0.4) is 0 Å². The molecule has 0 radical (unpaired) electrons. The van der Waals surface area contributed by atoms with Crippen LogP contribution in [0.15, 0.2) is 40.1 Å². The summed E-state index contributed by atoms with van der Waals surface area (Å²) >= 11 is 2.71. The average molecular weight is 373 g/mol. The summed E-state index contributed by atoms with van der Waals surface area (Å²) in [7, 11) is 0. The minimum atomic E-state index is -0.279. The number of nitrogens with zero attached hydrogens (tertiary/aromatic N) is 4. The number of thiazole rings is 1. The second kappa shape index (κ2) is 8.45. The molecule has 0 saturated carbocycles. The van der Waals surface area contributed by atoms with Crippen LogP contribution in [0, 0.1) is 0 Å². The van der Waals surface area contributed by atoms with Crippen molar-refractivity contribution in [3.05, 3.63) is 46.3 Å². The first-order valence-electron chi connectivity index (χ1n) is 7.51. The normalized spacial score (nSPS) is 10.9. The van der Waals surface area contributed by atoms with Gasteiger partial charge in [-0.3, -0.25) is 10.2 Å². The quantitative estimate of drug-likeness (QED) is 0.389. The van der Waals surface area contributed by atoms with Crippen LogP contribution in [-0.2, 0) is 16.0 Å². The van der Waals surface area contributed by atoms with Crippen molar-refractivity contribution in [2.75, 3.05) is 12.0 Å². The molecule has 0 fully saturated rings. The lowest BCUT2D eigenvalue weighted by Crippen LogP contribution is -2.07. The summed E-state index contributed by atoms with van der Waals surface area (Å²) in [5.41, 5.74) is 6.36. The van der Waals surface area contributed by atoms with Gasteiger partial charge in [0.2, 0.25) is 5.13 Å². The predicted molar refractivity (Wildman–Crippen MR) is 99.0 cm³/mol. The lowest BCUT2D eigenvalue weighted by molar-refractivity contribution is -0.142. The molecule has 0 bridgehead atoms. The van der Waals surface area contributed by atoms with E-state index in [1.807, 2.05) is 35.0 Å². The standard InChI is InChI=1S/C16H15N5O2S2/c1-2-23-15(22)7-13-9-24-16(18-13)20-17-8-11-3-5-12(6-4-11)14-10-25-21-19-14/h3-6,8-10H,2,7H2,1H3,(H,18,20). The molecule has 0 aliphatic rings. The maximum atomic E-state index is 11.4. The van der Waals surface area contributed by atoms with Crippen LogP contribution in [0.1, 0.15) is 18.2 Å². The number of anilines is 1. The van der Waals surface area contributed by atoms with Gasteiger partial charge in [0.25, 0.3) is 0 Å². The maximum absolute atomic E-state index is 11.4. The molecule has 3 aromatic rings. The van der Waals surface area contributed by atoms with Gasteiger partial charge in [0.05, 0.1) is 24.9 Å². The van der Waals surface area contributed by atoms with Gasteiger partial charge in [-0.1, -0.05) is 28.8 Å². The number of esters is 1. The van der Waals surface area contributed by atoms with E-state index in [1.54, 1.807) is 13.1 Å². The topological polar surface area (TPSA) is 89.4 Å². The van der Waals surface area contributed by atoms with Gasteiger partial charge in [-0.25, -0.2) is 4.98 Å². The highest BCUT2D eigenvalue weighted by Crippen LogP contribution is 2.18. The van der Waals surface area contributed by atoms with E-state index in [9.17, 15) is 4.79 Å². The molecule has 1 N–H and O–H groups in total. The summed E-state index contributed by atoms with van der Waals surface area (Å²) in [4.78, 5) is 15.7. The third-order valence-electron chi connectivity index (χ3n) is 3.12. The summed E-state index contributed by atoms with van der Waals surface area (Å²) in [6.45, 7) is 2.15. The van der Waals surface area contributed by atoms with Crippen LogP contribution in [0.25, 0.3) is 11.3 Å². The van der Waals surface area contributed by atoms with Crippen LogP contribution in [0.2, 0.25) is 0 Å². The molecule has 128 valence electrons. The molecule has 0 aliphatic heterocycles. The molecule has 0 spiro atoms. The van der Waals surface area contributed by atoms with Crippen molar-refractivity contribution in [1.29, 1.82) is 0 Å². The Bertz CT molecular complexity index is 844. The zero-order chi connectivity index (χ0) is 17.5. The van der Waals surface area contributed by atoms with E-state index in [0.29, 0.717) is 17.4 Å². The van der Waals surface area contributed by atoms with Gasteiger partial charge < -0.3 is 4.74 Å². The minimum Gasteiger partial charge on any atom is -0.466 e. The number of aromatic nitrogens is 3. The molecule has 25 heavy (non-hydrogen) atoms. The Hall–Kier alpha value is -2.65. The molecule has 2 aromatic heterocycles. The molecule has 9 heteroatoms. The van der Waals surface area contributed by atoms with E-state index in [1.165, 1.54) is 22.9 Å². The first-order chi connectivity index (χ1) is 12.2. The molecule has 0 atom stereocenters. The number of rotatable bonds is 7. The number of ether oxygens (including phenoxy) is 1. The van der Waals surface area contributed by atoms with Crippen molar-refractivity contribution in [3.8, 4) is 11.3 Å². The first kappa shape index (κ1) is 17.2. The number of hydrogen-bond donors (Lipinski definition) is 1. The van der Waals surface area contributed by atoms with Crippen molar-refractivity contribution in [2.24, 2.45) is 5.10 Å². The summed E-state index contributed by atoms with van der Waals surface area (Å²) in [5.74, 6) is -0.279. The lowest BCUT2D eigenvalue weighted by atomic mass is 10.1. The number of nitrogens with one attached hydrogen (secondary N) is 1. The number of carbonyl (C=O) groups excluding carboxylic acids is 1. The Morgan fingerprint density at radius 1 is 1.32 bits per heavy atom. The summed E-state index contributed by atoms with van der Waals surface area (Å²) < 4.78 is 8.75. The number of hydrogen-bond acceptors (Lipinski definition) is 9. The van der Waals surface area contributed by atoms with Crippen molar-refractivity contribution >= 4 is 40.2 Å². The smallest absolute Gasteiger partial charge is 0.311 e. The highest BCUT2D eigenvalue weighted by atomic mass is 32.1. The maximum Gasteiger partial charge on any atom is 0.311 e. The van der Waals surface area contributed by atoms with Crippen LogP contribution >= 0.6 is 22.9 Å². The molecule has 1 aromatic carbocycles. The summed E-state index contributed by atoms with van der Waals surface area (Å²) in [6.07, 6.45) is 1.87. The van der Waals surface area contributed by atoms with Crippen molar-refractivity contribution in [3.63, 3.8) is 0 Å². The third kappa shape index (κ3) is 4.91. The van der Waals surface area contributed by atoms with Crippen LogP contribution in [-0.4, -0.2) is 33.4 Å². The Kier molecular flexibility index (Phi) is 5.81.